The lowest BCUT2D eigenvalue weighted by Gasteiger charge is -2.07. The average molecular weight is 365 g/mol. The van der Waals surface area contributed by atoms with E-state index in [4.69, 9.17) is 9.47 Å². The minimum atomic E-state index is -0.148. The van der Waals surface area contributed by atoms with Crippen LogP contribution in [0.25, 0.3) is 11.7 Å². The third-order valence-corrected chi connectivity index (χ3v) is 4.26. The van der Waals surface area contributed by atoms with Gasteiger partial charge in [0.05, 0.1) is 19.9 Å². The number of imidazole rings is 1. The summed E-state index contributed by atoms with van der Waals surface area (Å²) >= 11 is 0. The molecular weight excluding hydrogens is 342 g/mol. The fourth-order valence-electron chi connectivity index (χ4n) is 2.82. The van der Waals surface area contributed by atoms with Crippen molar-refractivity contribution in [1.29, 1.82) is 0 Å². The van der Waals surface area contributed by atoms with Gasteiger partial charge in [0, 0.05) is 30.9 Å². The Labute approximate surface area is 158 Å². The molecule has 0 saturated heterocycles. The molecule has 0 fully saturated rings. The van der Waals surface area contributed by atoms with Gasteiger partial charge in [-0.25, -0.2) is 4.98 Å². The van der Waals surface area contributed by atoms with Gasteiger partial charge < -0.3 is 19.2 Å². The number of aryl methyl sites for hydroxylation is 1. The number of carbonyl (C=O) groups excluding carboxylic acids is 1. The fraction of sp³-hybridized carbons (Fsp3) is 0.238. The molecule has 0 radical (unpaired) electrons. The lowest BCUT2D eigenvalue weighted by molar-refractivity contribution is -0.116. The highest BCUT2D eigenvalue weighted by Crippen LogP contribution is 2.27. The van der Waals surface area contributed by atoms with Gasteiger partial charge in [0.25, 0.3) is 0 Å². The molecule has 0 aliphatic heterocycles. The number of aromatic nitrogens is 2. The topological polar surface area (TPSA) is 64.9 Å². The summed E-state index contributed by atoms with van der Waals surface area (Å²) < 4.78 is 12.5. The highest BCUT2D eigenvalue weighted by atomic mass is 16.5. The molecule has 2 heterocycles. The maximum absolute atomic E-state index is 12.0. The minimum absolute atomic E-state index is 0.148. The summed E-state index contributed by atoms with van der Waals surface area (Å²) in [5.41, 5.74) is 3.87. The number of ether oxygens (including phenoxy) is 2. The number of carbonyl (C=O) groups is 1. The first-order valence-electron chi connectivity index (χ1n) is 8.72. The molecule has 0 saturated carbocycles. The molecule has 0 aliphatic rings. The van der Waals surface area contributed by atoms with Gasteiger partial charge in [0.15, 0.2) is 11.5 Å². The van der Waals surface area contributed by atoms with Gasteiger partial charge in [0.1, 0.15) is 5.65 Å². The van der Waals surface area contributed by atoms with Crippen LogP contribution in [0.3, 0.4) is 0 Å². The zero-order valence-corrected chi connectivity index (χ0v) is 15.7. The Kier molecular flexibility index (Phi) is 5.76. The van der Waals surface area contributed by atoms with E-state index in [1.54, 1.807) is 20.3 Å². The van der Waals surface area contributed by atoms with Crippen LogP contribution in [-0.4, -0.2) is 36.1 Å². The van der Waals surface area contributed by atoms with Crippen LogP contribution in [-0.2, 0) is 11.2 Å². The highest BCUT2D eigenvalue weighted by Gasteiger charge is 2.05. The number of hydrogen-bond acceptors (Lipinski definition) is 4. The van der Waals surface area contributed by atoms with Crippen LogP contribution in [0, 0.1) is 6.92 Å². The lowest BCUT2D eigenvalue weighted by Crippen LogP contribution is -2.23. The van der Waals surface area contributed by atoms with Gasteiger partial charge in [-0.3, -0.25) is 4.79 Å². The van der Waals surface area contributed by atoms with Crippen molar-refractivity contribution < 1.29 is 14.3 Å². The van der Waals surface area contributed by atoms with E-state index in [0.29, 0.717) is 24.5 Å². The third-order valence-electron chi connectivity index (χ3n) is 4.26. The second-order valence-electron chi connectivity index (χ2n) is 6.12. The van der Waals surface area contributed by atoms with Crippen molar-refractivity contribution in [2.45, 2.75) is 13.3 Å². The van der Waals surface area contributed by atoms with Crippen molar-refractivity contribution in [3.05, 3.63) is 65.6 Å². The molecule has 0 unspecified atom stereocenters. The molecule has 0 aliphatic carbocycles. The summed E-state index contributed by atoms with van der Waals surface area (Å²) in [5, 5.41) is 2.88. The number of rotatable bonds is 7. The van der Waals surface area contributed by atoms with Gasteiger partial charge in [-0.1, -0.05) is 12.1 Å². The van der Waals surface area contributed by atoms with Crippen LogP contribution in [0.5, 0.6) is 11.5 Å². The molecule has 2 aromatic heterocycles. The second kappa shape index (κ2) is 8.40. The van der Waals surface area contributed by atoms with Gasteiger partial charge in [-0.15, -0.1) is 0 Å². The van der Waals surface area contributed by atoms with Crippen LogP contribution in [0.1, 0.15) is 17.0 Å². The van der Waals surface area contributed by atoms with E-state index >= 15 is 0 Å². The molecule has 0 bridgehead atoms. The highest BCUT2D eigenvalue weighted by molar-refractivity contribution is 5.91. The Morgan fingerprint density at radius 1 is 1.19 bits per heavy atom. The van der Waals surface area contributed by atoms with E-state index in [2.05, 4.69) is 10.3 Å². The van der Waals surface area contributed by atoms with E-state index in [0.717, 1.165) is 22.6 Å². The number of amides is 1. The molecule has 3 rings (SSSR count). The summed E-state index contributed by atoms with van der Waals surface area (Å²) in [7, 11) is 3.17. The normalized spacial score (nSPS) is 11.1. The quantitative estimate of drug-likeness (QED) is 0.654. The summed E-state index contributed by atoms with van der Waals surface area (Å²) in [6.07, 6.45) is 5.94. The predicted octanol–water partition coefficient (Wildman–Crippen LogP) is 3.03. The zero-order valence-electron chi connectivity index (χ0n) is 15.7. The van der Waals surface area contributed by atoms with Gasteiger partial charge in [0.2, 0.25) is 5.91 Å². The Morgan fingerprint density at radius 2 is 2.00 bits per heavy atom. The monoisotopic (exact) mass is 365 g/mol. The Morgan fingerprint density at radius 3 is 2.74 bits per heavy atom. The molecule has 6 nitrogen and oxygen atoms in total. The number of nitrogens with zero attached hydrogens (tertiary/aromatic N) is 2. The predicted molar refractivity (Wildman–Crippen MR) is 105 cm³/mol. The van der Waals surface area contributed by atoms with E-state index < -0.39 is 0 Å². The van der Waals surface area contributed by atoms with Gasteiger partial charge >= 0.3 is 0 Å². The molecule has 1 N–H and O–H groups in total. The number of fused-ring (bicyclic) bond motifs is 1. The Balaban J connectivity index is 1.54. The van der Waals surface area contributed by atoms with Crippen LogP contribution in [0.15, 0.2) is 48.7 Å². The summed E-state index contributed by atoms with van der Waals surface area (Å²) in [6, 6.07) is 11.5. The molecule has 0 spiro atoms. The van der Waals surface area contributed by atoms with Crippen molar-refractivity contribution in [1.82, 2.24) is 14.7 Å². The Hall–Kier alpha value is -3.28. The third kappa shape index (κ3) is 4.47. The summed E-state index contributed by atoms with van der Waals surface area (Å²) in [6.45, 7) is 2.57. The van der Waals surface area contributed by atoms with E-state index in [-0.39, 0.29) is 5.91 Å². The Bertz CT molecular complexity index is 976. The van der Waals surface area contributed by atoms with Crippen molar-refractivity contribution in [2.24, 2.45) is 0 Å². The molecule has 6 heteroatoms. The number of hydrogen-bond donors (Lipinski definition) is 1. The number of nitrogens with one attached hydrogen (secondary N) is 1. The van der Waals surface area contributed by atoms with Crippen LogP contribution in [0.4, 0.5) is 0 Å². The number of pyridine rings is 1. The molecule has 27 heavy (non-hydrogen) atoms. The first-order valence-corrected chi connectivity index (χ1v) is 8.72. The molecule has 140 valence electrons. The van der Waals surface area contributed by atoms with E-state index in [1.807, 2.05) is 53.9 Å². The standard InChI is InChI=1S/C21H23N3O3/c1-15-5-4-6-20-23-17(14-24(15)20)11-12-22-21(25)10-8-16-7-9-18(26-2)19(13-16)27-3/h4-10,13-14H,11-12H2,1-3H3,(H,22,25)/b10-8+. The van der Waals surface area contributed by atoms with Crippen LogP contribution in [0.2, 0.25) is 0 Å². The lowest BCUT2D eigenvalue weighted by atomic mass is 10.2. The van der Waals surface area contributed by atoms with E-state index in [1.165, 1.54) is 6.08 Å². The zero-order chi connectivity index (χ0) is 19.2. The SMILES string of the molecule is COc1ccc(/C=C/C(=O)NCCc2cn3c(C)cccc3n2)cc1OC. The number of methoxy groups -OCH3 is 2. The molecule has 1 amide bonds. The van der Waals surface area contributed by atoms with Crippen molar-refractivity contribution in [3.8, 4) is 11.5 Å². The van der Waals surface area contributed by atoms with Crippen molar-refractivity contribution >= 4 is 17.6 Å². The smallest absolute Gasteiger partial charge is 0.244 e. The first-order chi connectivity index (χ1) is 13.1. The maximum Gasteiger partial charge on any atom is 0.244 e. The first kappa shape index (κ1) is 18.5. The van der Waals surface area contributed by atoms with Crippen molar-refractivity contribution in [2.75, 3.05) is 20.8 Å². The minimum Gasteiger partial charge on any atom is -0.493 e. The molecule has 1 aromatic carbocycles. The van der Waals surface area contributed by atoms with Gasteiger partial charge in [-0.2, -0.15) is 0 Å². The maximum atomic E-state index is 12.0. The fourth-order valence-corrected chi connectivity index (χ4v) is 2.82. The second-order valence-corrected chi connectivity index (χ2v) is 6.12. The molecule has 3 aromatic rings. The molecular formula is C21H23N3O3. The van der Waals surface area contributed by atoms with Crippen LogP contribution < -0.4 is 14.8 Å². The van der Waals surface area contributed by atoms with Crippen LogP contribution >= 0.6 is 0 Å². The summed E-state index contributed by atoms with van der Waals surface area (Å²) in [5.74, 6) is 1.13. The van der Waals surface area contributed by atoms with Gasteiger partial charge in [-0.05, 0) is 42.8 Å². The number of benzene rings is 1. The van der Waals surface area contributed by atoms with Crippen molar-refractivity contribution in [3.63, 3.8) is 0 Å². The summed E-state index contributed by atoms with van der Waals surface area (Å²) in [4.78, 5) is 16.6. The van der Waals surface area contributed by atoms with E-state index in [9.17, 15) is 4.79 Å². The largest absolute Gasteiger partial charge is 0.493 e. The average Bonchev–Trinajstić information content (AvgIpc) is 3.10. The molecule has 0 atom stereocenters.